The number of ketones is 1. The lowest BCUT2D eigenvalue weighted by atomic mass is 9.84. The molecule has 2 aliphatic heterocycles. The van der Waals surface area contributed by atoms with Crippen LogP contribution in [0.2, 0.25) is 0 Å². The van der Waals surface area contributed by atoms with E-state index in [2.05, 4.69) is 0 Å². The van der Waals surface area contributed by atoms with E-state index < -0.39 is 10.8 Å². The van der Waals surface area contributed by atoms with Gasteiger partial charge in [0.25, 0.3) is 0 Å². The molecule has 2 unspecified atom stereocenters. The lowest BCUT2D eigenvalue weighted by Crippen LogP contribution is -2.41. The van der Waals surface area contributed by atoms with Gasteiger partial charge < -0.3 is 0 Å². The maximum atomic E-state index is 13.3. The van der Waals surface area contributed by atoms with E-state index in [4.69, 9.17) is 0 Å². The second kappa shape index (κ2) is 5.99. The highest BCUT2D eigenvalue weighted by Gasteiger charge is 2.40. The number of benzene rings is 1. The molecule has 1 aromatic rings. The van der Waals surface area contributed by atoms with Gasteiger partial charge in [0.1, 0.15) is 11.6 Å². The molecule has 3 rings (SSSR count). The van der Waals surface area contributed by atoms with E-state index in [0.717, 1.165) is 43.2 Å². The van der Waals surface area contributed by atoms with Crippen LogP contribution in [0.3, 0.4) is 0 Å². The predicted octanol–water partition coefficient (Wildman–Crippen LogP) is 3.33. The van der Waals surface area contributed by atoms with Gasteiger partial charge in [0.2, 0.25) is 0 Å². The lowest BCUT2D eigenvalue weighted by molar-refractivity contribution is -0.122. The fraction of sp³-hybridized carbons (Fsp3) is 0.588. The van der Waals surface area contributed by atoms with Crippen LogP contribution in [0, 0.1) is 18.7 Å². The van der Waals surface area contributed by atoms with E-state index in [1.54, 1.807) is 6.07 Å². The molecule has 2 atom stereocenters. The molecule has 0 aliphatic carbocycles. The van der Waals surface area contributed by atoms with Crippen molar-refractivity contribution >= 4 is 16.6 Å². The molecule has 0 spiro atoms. The number of hydrogen-bond donors (Lipinski definition) is 0. The summed E-state index contributed by atoms with van der Waals surface area (Å²) < 4.78 is 25.5. The molecule has 2 saturated heterocycles. The average Bonchev–Trinajstić information content (AvgIpc) is 2.42. The summed E-state index contributed by atoms with van der Waals surface area (Å²) in [6, 6.07) is 4.62. The second-order valence-electron chi connectivity index (χ2n) is 6.39. The van der Waals surface area contributed by atoms with Crippen molar-refractivity contribution in [3.8, 4) is 0 Å². The van der Waals surface area contributed by atoms with Crippen LogP contribution in [-0.2, 0) is 22.0 Å². The molecule has 0 amide bonds. The SMILES string of the molecule is Cc1ccc(F)cc1CC(=O)C1CC2CCCC(C1)S2=O. The van der Waals surface area contributed by atoms with Gasteiger partial charge in [0.05, 0.1) is 0 Å². The number of halogens is 1. The minimum Gasteiger partial charge on any atom is -0.299 e. The summed E-state index contributed by atoms with van der Waals surface area (Å²) >= 11 is 0. The number of fused-ring (bicyclic) bond motifs is 2. The van der Waals surface area contributed by atoms with Crippen LogP contribution in [0.25, 0.3) is 0 Å². The average molecular weight is 308 g/mol. The Kier molecular flexibility index (Phi) is 4.25. The maximum Gasteiger partial charge on any atom is 0.140 e. The number of Topliss-reactive ketones (excluding diaryl/α,β-unsaturated/α-hetero) is 1. The zero-order valence-corrected chi connectivity index (χ0v) is 13.1. The van der Waals surface area contributed by atoms with E-state index in [0.29, 0.717) is 6.42 Å². The van der Waals surface area contributed by atoms with Gasteiger partial charge in [-0.1, -0.05) is 12.5 Å². The van der Waals surface area contributed by atoms with Gasteiger partial charge in [-0.3, -0.25) is 9.00 Å². The zero-order valence-electron chi connectivity index (χ0n) is 12.3. The zero-order chi connectivity index (χ0) is 15.0. The predicted molar refractivity (Wildman–Crippen MR) is 82.1 cm³/mol. The lowest BCUT2D eigenvalue weighted by Gasteiger charge is -2.37. The highest BCUT2D eigenvalue weighted by Crippen LogP contribution is 2.37. The third-order valence-corrected chi connectivity index (χ3v) is 7.11. The molecule has 2 heterocycles. The van der Waals surface area contributed by atoms with E-state index in [9.17, 15) is 13.4 Å². The maximum absolute atomic E-state index is 13.3. The number of carbonyl (C=O) groups excluding carboxylic acids is 1. The van der Waals surface area contributed by atoms with Crippen molar-refractivity contribution in [3.05, 3.63) is 35.1 Å². The molecular formula is C17H21FO2S. The molecule has 2 nitrogen and oxygen atoms in total. The largest absolute Gasteiger partial charge is 0.299 e. The van der Waals surface area contributed by atoms with Gasteiger partial charge in [-0.2, -0.15) is 0 Å². The second-order valence-corrected chi connectivity index (χ2v) is 8.38. The summed E-state index contributed by atoms with van der Waals surface area (Å²) in [5, 5.41) is 0.417. The Labute approximate surface area is 127 Å². The number of rotatable bonds is 3. The highest BCUT2D eigenvalue weighted by molar-refractivity contribution is 7.86. The van der Waals surface area contributed by atoms with Crippen molar-refractivity contribution in [2.24, 2.45) is 5.92 Å². The van der Waals surface area contributed by atoms with Crippen molar-refractivity contribution in [1.29, 1.82) is 0 Å². The number of hydrogen-bond acceptors (Lipinski definition) is 2. The molecule has 0 saturated carbocycles. The van der Waals surface area contributed by atoms with Crippen LogP contribution in [0.1, 0.15) is 43.2 Å². The minimum atomic E-state index is -0.740. The van der Waals surface area contributed by atoms with Crippen molar-refractivity contribution in [1.82, 2.24) is 0 Å². The Hall–Kier alpha value is -1.03. The topological polar surface area (TPSA) is 34.1 Å². The first kappa shape index (κ1) is 14.9. The third kappa shape index (κ3) is 3.10. The smallest absolute Gasteiger partial charge is 0.140 e. The molecule has 1 aromatic carbocycles. The number of carbonyl (C=O) groups is 1. The summed E-state index contributed by atoms with van der Waals surface area (Å²) in [5.74, 6) is -0.0806. The van der Waals surface area contributed by atoms with Gasteiger partial charge >= 0.3 is 0 Å². The van der Waals surface area contributed by atoms with E-state index in [-0.39, 0.29) is 28.0 Å². The summed E-state index contributed by atoms with van der Waals surface area (Å²) in [6.07, 6.45) is 4.95. The van der Waals surface area contributed by atoms with Crippen LogP contribution in [0.4, 0.5) is 4.39 Å². The Morgan fingerprint density at radius 1 is 1.29 bits per heavy atom. The van der Waals surface area contributed by atoms with Gasteiger partial charge in [0, 0.05) is 33.6 Å². The summed E-state index contributed by atoms with van der Waals surface area (Å²) in [6.45, 7) is 1.91. The van der Waals surface area contributed by atoms with Crippen LogP contribution >= 0.6 is 0 Å². The highest BCUT2D eigenvalue weighted by atomic mass is 32.2. The van der Waals surface area contributed by atoms with Gasteiger partial charge in [-0.15, -0.1) is 0 Å². The molecule has 0 radical (unpaired) electrons. The van der Waals surface area contributed by atoms with Crippen molar-refractivity contribution < 1.29 is 13.4 Å². The third-order valence-electron chi connectivity index (χ3n) is 4.94. The quantitative estimate of drug-likeness (QED) is 0.858. The summed E-state index contributed by atoms with van der Waals surface area (Å²) in [7, 11) is -0.740. The Balaban J connectivity index is 1.71. The van der Waals surface area contributed by atoms with E-state index in [1.165, 1.54) is 12.1 Å². The molecule has 21 heavy (non-hydrogen) atoms. The van der Waals surface area contributed by atoms with Crippen molar-refractivity contribution in [3.63, 3.8) is 0 Å². The normalized spacial score (nSPS) is 31.9. The molecule has 0 N–H and O–H groups in total. The first-order valence-corrected chi connectivity index (χ1v) is 8.99. The molecule has 4 heteroatoms. The molecule has 2 bridgehead atoms. The van der Waals surface area contributed by atoms with Gasteiger partial charge in [-0.05, 0) is 55.9 Å². The van der Waals surface area contributed by atoms with Crippen LogP contribution in [0.5, 0.6) is 0 Å². The first-order valence-electron chi connectivity index (χ1n) is 7.71. The number of aryl methyl sites for hydroxylation is 1. The minimum absolute atomic E-state index is 0.0145. The Morgan fingerprint density at radius 3 is 2.62 bits per heavy atom. The van der Waals surface area contributed by atoms with E-state index in [1.807, 2.05) is 6.92 Å². The summed E-state index contributed by atoms with van der Waals surface area (Å²) in [5.41, 5.74) is 1.75. The Morgan fingerprint density at radius 2 is 1.95 bits per heavy atom. The van der Waals surface area contributed by atoms with Crippen LogP contribution in [0.15, 0.2) is 18.2 Å². The Bertz CT molecular complexity index is 568. The van der Waals surface area contributed by atoms with Gasteiger partial charge in [0.15, 0.2) is 0 Å². The molecular weight excluding hydrogens is 287 g/mol. The molecule has 2 fully saturated rings. The van der Waals surface area contributed by atoms with Crippen LogP contribution in [-0.4, -0.2) is 20.5 Å². The standard InChI is InChI=1S/C17H21FO2S/c1-11-5-6-14(18)7-12(11)10-17(19)13-8-15-3-2-4-16(9-13)21(15)20/h5-7,13,15-16H,2-4,8-10H2,1H3. The fourth-order valence-corrected chi connectivity index (χ4v) is 5.85. The molecule has 0 aromatic heterocycles. The van der Waals surface area contributed by atoms with E-state index >= 15 is 0 Å². The first-order chi connectivity index (χ1) is 10.0. The van der Waals surface area contributed by atoms with Crippen LogP contribution < -0.4 is 0 Å². The fourth-order valence-electron chi connectivity index (χ4n) is 3.66. The monoisotopic (exact) mass is 308 g/mol. The van der Waals surface area contributed by atoms with Gasteiger partial charge in [-0.25, -0.2) is 4.39 Å². The van der Waals surface area contributed by atoms with Crippen molar-refractivity contribution in [2.45, 2.75) is 55.9 Å². The van der Waals surface area contributed by atoms with Crippen molar-refractivity contribution in [2.75, 3.05) is 0 Å². The molecule has 2 aliphatic rings. The summed E-state index contributed by atoms with van der Waals surface area (Å²) in [4.78, 5) is 12.5. The molecule has 114 valence electrons.